The van der Waals surface area contributed by atoms with E-state index in [1.165, 1.54) is 0 Å². The summed E-state index contributed by atoms with van der Waals surface area (Å²) in [6, 6.07) is 0. The third-order valence-corrected chi connectivity index (χ3v) is 2.29. The first-order chi connectivity index (χ1) is 5.57. The van der Waals surface area contributed by atoms with Crippen LogP contribution in [-0.4, -0.2) is 56.9 Å². The van der Waals surface area contributed by atoms with Crippen LogP contribution in [0.25, 0.3) is 0 Å². The monoisotopic (exact) mass is 196 g/mol. The summed E-state index contributed by atoms with van der Waals surface area (Å²) in [6.45, 7) is -0.415. The summed E-state index contributed by atoms with van der Waals surface area (Å²) in [5.41, 5.74) is -0.874. The van der Waals surface area contributed by atoms with Crippen LogP contribution in [0.2, 0.25) is 0 Å². The molecule has 1 aliphatic rings. The Morgan fingerprint density at radius 1 is 1.08 bits per heavy atom. The highest BCUT2D eigenvalue weighted by molar-refractivity contribution is 7.80. The molecule has 0 aromatic rings. The number of rotatable bonds is 1. The molecule has 0 aliphatic carbocycles. The first kappa shape index (κ1) is 10.2. The van der Waals surface area contributed by atoms with Crippen LogP contribution in [0.4, 0.5) is 0 Å². The highest BCUT2D eigenvalue weighted by atomic mass is 32.1. The van der Waals surface area contributed by atoms with E-state index in [1.807, 2.05) is 0 Å². The maximum absolute atomic E-state index is 9.20. The Morgan fingerprint density at radius 3 is 2.17 bits per heavy atom. The van der Waals surface area contributed by atoms with E-state index in [2.05, 4.69) is 12.6 Å². The Kier molecular flexibility index (Phi) is 3.33. The van der Waals surface area contributed by atoms with Gasteiger partial charge in [-0.1, -0.05) is 0 Å². The number of aliphatic hydroxyl groups excluding tert-OH is 4. The Morgan fingerprint density at radius 2 is 1.67 bits per heavy atom. The molecule has 0 spiro atoms. The largest absolute Gasteiger partial charge is 0.394 e. The fourth-order valence-corrected chi connectivity index (χ4v) is 1.41. The molecule has 0 radical (unpaired) electrons. The second kappa shape index (κ2) is 3.91. The summed E-state index contributed by atoms with van der Waals surface area (Å²) in [4.78, 5) is 0. The van der Waals surface area contributed by atoms with Gasteiger partial charge in [0.05, 0.1) is 6.61 Å². The highest BCUT2D eigenvalue weighted by Gasteiger charge is 2.41. The first-order valence-corrected chi connectivity index (χ1v) is 4.08. The first-order valence-electron chi connectivity index (χ1n) is 3.56. The van der Waals surface area contributed by atoms with Gasteiger partial charge in [-0.15, -0.1) is 12.6 Å². The Bertz CT molecular complexity index is 150. The Labute approximate surface area is 75.0 Å². The smallest absolute Gasteiger partial charge is 0.129 e. The van der Waals surface area contributed by atoms with E-state index in [4.69, 9.17) is 14.9 Å². The normalized spacial score (nSPS) is 49.2. The molecule has 5 nitrogen and oxygen atoms in total. The zero-order chi connectivity index (χ0) is 9.30. The van der Waals surface area contributed by atoms with Crippen LogP contribution in [0, 0.1) is 0 Å². The summed E-state index contributed by atoms with van der Waals surface area (Å²) in [7, 11) is 0. The van der Waals surface area contributed by atoms with Crippen molar-refractivity contribution in [1.82, 2.24) is 0 Å². The van der Waals surface area contributed by atoms with Crippen LogP contribution in [0.15, 0.2) is 0 Å². The third kappa shape index (κ3) is 1.73. The van der Waals surface area contributed by atoms with Crippen molar-refractivity contribution in [1.29, 1.82) is 0 Å². The van der Waals surface area contributed by atoms with E-state index in [0.717, 1.165) is 0 Å². The minimum atomic E-state index is -1.32. The zero-order valence-corrected chi connectivity index (χ0v) is 7.13. The molecule has 6 heteroatoms. The van der Waals surface area contributed by atoms with Gasteiger partial charge in [-0.3, -0.25) is 0 Å². The van der Waals surface area contributed by atoms with Gasteiger partial charge in [0.1, 0.15) is 29.9 Å². The van der Waals surface area contributed by atoms with E-state index in [0.29, 0.717) is 0 Å². The van der Waals surface area contributed by atoms with Gasteiger partial charge in [0, 0.05) is 0 Å². The highest BCUT2D eigenvalue weighted by Crippen LogP contribution is 2.22. The van der Waals surface area contributed by atoms with Crippen LogP contribution in [0.3, 0.4) is 0 Å². The van der Waals surface area contributed by atoms with Crippen molar-refractivity contribution in [3.63, 3.8) is 0 Å². The van der Waals surface area contributed by atoms with Gasteiger partial charge in [0.15, 0.2) is 0 Å². The minimum absolute atomic E-state index is 0.415. The lowest BCUT2D eigenvalue weighted by molar-refractivity contribution is -0.205. The lowest BCUT2D eigenvalue weighted by Gasteiger charge is -2.37. The fraction of sp³-hybridized carbons (Fsp3) is 1.00. The quantitative estimate of drug-likeness (QED) is 0.305. The van der Waals surface area contributed by atoms with Crippen molar-refractivity contribution < 1.29 is 25.2 Å². The summed E-state index contributed by atoms with van der Waals surface area (Å²) in [5, 5.41) is 36.2. The van der Waals surface area contributed by atoms with Crippen LogP contribution in [0.5, 0.6) is 0 Å². The fourth-order valence-electron chi connectivity index (χ4n) is 1.08. The predicted octanol–water partition coefficient (Wildman–Crippen LogP) is -2.28. The summed E-state index contributed by atoms with van der Waals surface area (Å²) < 4.78 is 4.88. The standard InChI is InChI=1S/C6H12O5S/c7-1-2-3(8)4(9)5(10)6(12)11-2/h2-10,12H,1H2/t2-,3-,4-,5+,6+/m0/s1. The molecule has 1 fully saturated rings. The molecule has 0 unspecified atom stereocenters. The van der Waals surface area contributed by atoms with E-state index in [1.54, 1.807) is 0 Å². The molecule has 4 N–H and O–H groups in total. The lowest BCUT2D eigenvalue weighted by Crippen LogP contribution is -2.56. The number of hydrogen-bond donors (Lipinski definition) is 5. The molecule has 0 aromatic carbocycles. The van der Waals surface area contributed by atoms with Crippen LogP contribution < -0.4 is 0 Å². The third-order valence-electron chi connectivity index (χ3n) is 1.87. The van der Waals surface area contributed by atoms with Gasteiger partial charge < -0.3 is 25.2 Å². The van der Waals surface area contributed by atoms with E-state index < -0.39 is 36.5 Å². The van der Waals surface area contributed by atoms with E-state index in [9.17, 15) is 10.2 Å². The van der Waals surface area contributed by atoms with Crippen LogP contribution in [0.1, 0.15) is 0 Å². The van der Waals surface area contributed by atoms with Crippen molar-refractivity contribution in [2.75, 3.05) is 6.61 Å². The predicted molar refractivity (Wildman–Crippen MR) is 42.8 cm³/mol. The molecule has 0 aromatic heterocycles. The van der Waals surface area contributed by atoms with Gasteiger partial charge >= 0.3 is 0 Å². The molecule has 0 saturated carbocycles. The summed E-state index contributed by atoms with van der Waals surface area (Å²) in [5.74, 6) is 0. The molecule has 12 heavy (non-hydrogen) atoms. The molecule has 0 amide bonds. The molecule has 1 saturated heterocycles. The van der Waals surface area contributed by atoms with Gasteiger partial charge in [-0.2, -0.15) is 0 Å². The van der Waals surface area contributed by atoms with Gasteiger partial charge in [0.25, 0.3) is 0 Å². The molecule has 0 bridgehead atoms. The maximum atomic E-state index is 9.20. The number of thiol groups is 1. The number of ether oxygens (including phenoxy) is 1. The van der Waals surface area contributed by atoms with Crippen molar-refractivity contribution in [3.8, 4) is 0 Å². The molecular formula is C6H12O5S. The van der Waals surface area contributed by atoms with Crippen molar-refractivity contribution in [2.24, 2.45) is 0 Å². The maximum Gasteiger partial charge on any atom is 0.129 e. The van der Waals surface area contributed by atoms with Crippen molar-refractivity contribution >= 4 is 12.6 Å². The van der Waals surface area contributed by atoms with Gasteiger partial charge in [0.2, 0.25) is 0 Å². The Hall–Kier alpha value is 0.150. The van der Waals surface area contributed by atoms with Gasteiger partial charge in [-0.25, -0.2) is 0 Å². The van der Waals surface area contributed by atoms with Crippen LogP contribution in [-0.2, 0) is 4.74 Å². The average Bonchev–Trinajstić information content (AvgIpc) is 2.08. The number of aliphatic hydroxyl groups is 4. The molecular weight excluding hydrogens is 184 g/mol. The Balaban J connectivity index is 2.63. The van der Waals surface area contributed by atoms with Crippen LogP contribution >= 0.6 is 12.6 Å². The summed E-state index contributed by atoms with van der Waals surface area (Å²) in [6.07, 6.45) is -4.70. The topological polar surface area (TPSA) is 90.2 Å². The molecule has 5 atom stereocenters. The molecule has 1 heterocycles. The van der Waals surface area contributed by atoms with Crippen molar-refractivity contribution in [2.45, 2.75) is 29.9 Å². The molecule has 1 rings (SSSR count). The SMILES string of the molecule is OC[C@@H]1O[C@H](S)[C@H](O)[C@@H](O)[C@H]1O. The molecule has 72 valence electrons. The zero-order valence-electron chi connectivity index (χ0n) is 6.24. The summed E-state index contributed by atoms with van der Waals surface area (Å²) >= 11 is 3.81. The van der Waals surface area contributed by atoms with E-state index in [-0.39, 0.29) is 0 Å². The lowest BCUT2D eigenvalue weighted by atomic mass is 10.0. The van der Waals surface area contributed by atoms with Crippen molar-refractivity contribution in [3.05, 3.63) is 0 Å². The second-order valence-corrected chi connectivity index (χ2v) is 3.23. The minimum Gasteiger partial charge on any atom is -0.394 e. The molecule has 1 aliphatic heterocycles. The second-order valence-electron chi connectivity index (χ2n) is 2.72. The van der Waals surface area contributed by atoms with E-state index >= 15 is 0 Å². The number of hydrogen-bond acceptors (Lipinski definition) is 6. The van der Waals surface area contributed by atoms with Gasteiger partial charge in [-0.05, 0) is 0 Å². The average molecular weight is 196 g/mol.